The maximum Gasteiger partial charge on any atom is 0.124 e. The van der Waals surface area contributed by atoms with Crippen LogP contribution in [-0.4, -0.2) is 24.9 Å². The summed E-state index contributed by atoms with van der Waals surface area (Å²) in [5, 5.41) is 5.31. The second-order valence-electron chi connectivity index (χ2n) is 8.63. The van der Waals surface area contributed by atoms with Gasteiger partial charge in [-0.2, -0.15) is 0 Å². The number of hydrogen-bond donors (Lipinski definition) is 3. The fourth-order valence-corrected chi connectivity index (χ4v) is 5.37. The normalized spacial score (nSPS) is 22.3. The van der Waals surface area contributed by atoms with E-state index in [9.17, 15) is 0 Å². The summed E-state index contributed by atoms with van der Waals surface area (Å²) in [5.74, 6) is 1.65. The summed E-state index contributed by atoms with van der Waals surface area (Å²) >= 11 is 0. The van der Waals surface area contributed by atoms with Gasteiger partial charge in [-0.05, 0) is 36.8 Å². The Kier molecular flexibility index (Phi) is 4.38. The fourth-order valence-electron chi connectivity index (χ4n) is 5.37. The van der Waals surface area contributed by atoms with Gasteiger partial charge < -0.3 is 9.97 Å². The minimum atomic E-state index is 0.161. The largest absolute Gasteiger partial charge is 0.357 e. The lowest BCUT2D eigenvalue weighted by molar-refractivity contribution is 0.236. The molecule has 4 aromatic rings. The molecule has 1 fully saturated rings. The molecule has 152 valence electrons. The maximum atomic E-state index is 4.74. The molecule has 1 aliphatic carbocycles. The summed E-state index contributed by atoms with van der Waals surface area (Å²) in [7, 11) is 0. The first kappa shape index (κ1) is 17.8. The molecule has 0 bridgehead atoms. The van der Waals surface area contributed by atoms with Gasteiger partial charge in [0.15, 0.2) is 0 Å². The number of benzene rings is 1. The van der Waals surface area contributed by atoms with Gasteiger partial charge in [-0.25, -0.2) is 4.98 Å². The van der Waals surface area contributed by atoms with E-state index in [2.05, 4.69) is 49.5 Å². The van der Waals surface area contributed by atoms with E-state index in [1.54, 1.807) is 18.6 Å². The van der Waals surface area contributed by atoms with Crippen LogP contribution in [0.1, 0.15) is 61.3 Å². The average molecular weight is 399 g/mol. The zero-order chi connectivity index (χ0) is 19.9. The summed E-state index contributed by atoms with van der Waals surface area (Å²) in [6.07, 6.45) is 14.6. The third-order valence-electron chi connectivity index (χ3n) is 6.83. The molecule has 2 aliphatic rings. The zero-order valence-electron chi connectivity index (χ0n) is 16.9. The molecule has 1 aromatic carbocycles. The van der Waals surface area contributed by atoms with Gasteiger partial charge in [0.05, 0.1) is 30.2 Å². The van der Waals surface area contributed by atoms with Crippen molar-refractivity contribution in [2.24, 2.45) is 5.92 Å². The summed E-state index contributed by atoms with van der Waals surface area (Å²) in [6, 6.07) is 9.20. The second-order valence-corrected chi connectivity index (χ2v) is 8.63. The van der Waals surface area contributed by atoms with Crippen LogP contribution in [0.2, 0.25) is 0 Å². The zero-order valence-corrected chi connectivity index (χ0v) is 16.9. The minimum Gasteiger partial charge on any atom is -0.357 e. The lowest BCUT2D eigenvalue weighted by Gasteiger charge is -2.37. The van der Waals surface area contributed by atoms with Crippen molar-refractivity contribution >= 4 is 10.9 Å². The first-order valence-electron chi connectivity index (χ1n) is 11.0. The van der Waals surface area contributed by atoms with Gasteiger partial charge in [0.2, 0.25) is 0 Å². The molecule has 0 radical (unpaired) electrons. The van der Waals surface area contributed by atoms with E-state index in [0.717, 1.165) is 23.6 Å². The van der Waals surface area contributed by atoms with Gasteiger partial charge in [0.1, 0.15) is 11.5 Å². The Morgan fingerprint density at radius 3 is 2.67 bits per heavy atom. The highest BCUT2D eigenvalue weighted by Crippen LogP contribution is 2.43. The average Bonchev–Trinajstić information content (AvgIpc) is 3.45. The third-order valence-corrected chi connectivity index (χ3v) is 6.83. The van der Waals surface area contributed by atoms with Crippen molar-refractivity contribution in [3.63, 3.8) is 0 Å². The molecule has 6 heteroatoms. The number of fused-ring (bicyclic) bond motifs is 3. The van der Waals surface area contributed by atoms with E-state index in [4.69, 9.17) is 4.98 Å². The van der Waals surface area contributed by atoms with Crippen LogP contribution in [0.5, 0.6) is 0 Å². The van der Waals surface area contributed by atoms with Crippen LogP contribution in [0.15, 0.2) is 49.1 Å². The second kappa shape index (κ2) is 7.36. The number of para-hydroxylation sites is 1. The van der Waals surface area contributed by atoms with Crippen LogP contribution in [-0.2, 0) is 6.42 Å². The number of rotatable bonds is 3. The molecule has 3 aromatic heterocycles. The Morgan fingerprint density at radius 2 is 1.80 bits per heavy atom. The number of H-pyrrole nitrogens is 2. The first-order chi connectivity index (χ1) is 14.9. The Balaban J connectivity index is 1.39. The van der Waals surface area contributed by atoms with E-state index in [0.29, 0.717) is 12.0 Å². The highest BCUT2D eigenvalue weighted by atomic mass is 15.1. The number of nitrogens with zero attached hydrogens (tertiary/aromatic N) is 3. The number of imidazole rings is 1. The highest BCUT2D eigenvalue weighted by Gasteiger charge is 2.36. The van der Waals surface area contributed by atoms with Crippen molar-refractivity contribution in [3.05, 3.63) is 66.1 Å². The van der Waals surface area contributed by atoms with E-state index < -0.39 is 0 Å². The summed E-state index contributed by atoms with van der Waals surface area (Å²) < 4.78 is 0. The topological polar surface area (TPSA) is 82.3 Å². The van der Waals surface area contributed by atoms with Crippen molar-refractivity contribution in [2.45, 2.75) is 50.6 Å². The minimum absolute atomic E-state index is 0.161. The molecule has 4 heterocycles. The van der Waals surface area contributed by atoms with Crippen LogP contribution >= 0.6 is 0 Å². The van der Waals surface area contributed by atoms with Gasteiger partial charge in [0, 0.05) is 29.0 Å². The van der Waals surface area contributed by atoms with Crippen LogP contribution in [0.4, 0.5) is 0 Å². The lowest BCUT2D eigenvalue weighted by Crippen LogP contribution is -2.38. The van der Waals surface area contributed by atoms with Crippen molar-refractivity contribution in [1.29, 1.82) is 0 Å². The Hall–Kier alpha value is -2.99. The number of aromatic amines is 2. The molecule has 1 unspecified atom stereocenters. The lowest BCUT2D eigenvalue weighted by atomic mass is 9.79. The number of aromatic nitrogens is 5. The maximum absolute atomic E-state index is 4.74. The monoisotopic (exact) mass is 398 g/mol. The van der Waals surface area contributed by atoms with E-state index >= 15 is 0 Å². The summed E-state index contributed by atoms with van der Waals surface area (Å²) in [5.41, 5.74) is 5.82. The Labute approximate surface area is 175 Å². The summed E-state index contributed by atoms with van der Waals surface area (Å²) in [6.45, 7) is 0. The number of nitrogens with one attached hydrogen (secondary N) is 3. The van der Waals surface area contributed by atoms with Crippen LogP contribution in [0, 0.1) is 5.92 Å². The van der Waals surface area contributed by atoms with Crippen molar-refractivity contribution in [2.75, 3.05) is 0 Å². The van der Waals surface area contributed by atoms with Gasteiger partial charge in [-0.1, -0.05) is 37.5 Å². The molecular formula is C24H26N6. The molecule has 0 spiro atoms. The van der Waals surface area contributed by atoms with Crippen molar-refractivity contribution < 1.29 is 0 Å². The van der Waals surface area contributed by atoms with Crippen LogP contribution in [0.3, 0.4) is 0 Å². The van der Waals surface area contributed by atoms with Gasteiger partial charge in [-0.3, -0.25) is 15.3 Å². The Bertz CT molecular complexity index is 1150. The molecule has 0 saturated heterocycles. The molecule has 2 atom stereocenters. The van der Waals surface area contributed by atoms with E-state index in [1.807, 2.05) is 6.20 Å². The van der Waals surface area contributed by atoms with E-state index in [1.165, 1.54) is 54.3 Å². The Morgan fingerprint density at radius 1 is 0.900 bits per heavy atom. The first-order valence-corrected chi connectivity index (χ1v) is 11.0. The predicted octanol–water partition coefficient (Wildman–Crippen LogP) is 4.86. The van der Waals surface area contributed by atoms with Gasteiger partial charge in [-0.15, -0.1) is 0 Å². The molecule has 1 aliphatic heterocycles. The predicted molar refractivity (Wildman–Crippen MR) is 117 cm³/mol. The van der Waals surface area contributed by atoms with Gasteiger partial charge in [0.25, 0.3) is 0 Å². The third kappa shape index (κ3) is 3.03. The molecule has 6 rings (SSSR count). The van der Waals surface area contributed by atoms with Crippen LogP contribution < -0.4 is 5.32 Å². The van der Waals surface area contributed by atoms with E-state index in [-0.39, 0.29) is 6.04 Å². The smallest absolute Gasteiger partial charge is 0.124 e. The standard InChI is InChI=1S/C24H26N6/c1-2-6-15(7-3-1)22-23-17(16-8-4-5-9-18(16)28-23)12-19(29-22)24-27-14-21(30-24)20-13-25-10-11-26-20/h4-5,8-11,13-15,19,22,28-29H,1-3,6-7,12H2,(H,27,30)/t19-,22?/m1/s1. The van der Waals surface area contributed by atoms with Crippen LogP contribution in [0.25, 0.3) is 22.3 Å². The quantitative estimate of drug-likeness (QED) is 0.460. The van der Waals surface area contributed by atoms with Crippen molar-refractivity contribution in [1.82, 2.24) is 30.2 Å². The number of hydrogen-bond acceptors (Lipinski definition) is 4. The molecule has 3 N–H and O–H groups in total. The molecule has 0 amide bonds. The highest BCUT2D eigenvalue weighted by molar-refractivity contribution is 5.85. The molecule has 6 nitrogen and oxygen atoms in total. The summed E-state index contributed by atoms with van der Waals surface area (Å²) in [4.78, 5) is 20.6. The molecular weight excluding hydrogens is 372 g/mol. The van der Waals surface area contributed by atoms with Crippen molar-refractivity contribution in [3.8, 4) is 11.4 Å². The molecule has 30 heavy (non-hydrogen) atoms. The van der Waals surface area contributed by atoms with Gasteiger partial charge >= 0.3 is 0 Å². The molecule has 1 saturated carbocycles. The fraction of sp³-hybridized carbons (Fsp3) is 0.375. The SMILES string of the molecule is c1ccc2c3c([nH]c2c1)C(C1CCCCC1)N[C@@H](c1ncc(-c2cnccn2)[nH]1)C3.